The molecule has 6 heteroatoms. The van der Waals surface area contributed by atoms with E-state index in [1.165, 1.54) is 31.2 Å². The molecule has 158 valence electrons. The van der Waals surface area contributed by atoms with Crippen LogP contribution in [-0.2, 0) is 6.42 Å². The first-order chi connectivity index (χ1) is 14.7. The van der Waals surface area contributed by atoms with Crippen molar-refractivity contribution in [3.05, 3.63) is 66.8 Å². The molecule has 2 aromatic rings. The Bertz CT molecular complexity index is 888. The maximum Gasteiger partial charge on any atom is 0.138 e. The van der Waals surface area contributed by atoms with Crippen molar-refractivity contribution in [1.82, 2.24) is 15.3 Å². The molecule has 3 heterocycles. The van der Waals surface area contributed by atoms with Crippen molar-refractivity contribution in [3.8, 4) is 0 Å². The molecule has 30 heavy (non-hydrogen) atoms. The molecule has 1 aliphatic carbocycles. The lowest BCUT2D eigenvalue weighted by Crippen LogP contribution is -2.42. The number of pyridine rings is 2. The molecule has 0 spiro atoms. The molecule has 2 aliphatic rings. The van der Waals surface area contributed by atoms with Gasteiger partial charge in [0, 0.05) is 18.3 Å². The van der Waals surface area contributed by atoms with E-state index in [0.29, 0.717) is 12.6 Å². The van der Waals surface area contributed by atoms with E-state index in [9.17, 15) is 0 Å². The molecule has 0 saturated heterocycles. The summed E-state index contributed by atoms with van der Waals surface area (Å²) in [5.74, 6) is 2.48. The fourth-order valence-corrected chi connectivity index (χ4v) is 4.52. The van der Waals surface area contributed by atoms with E-state index < -0.39 is 0 Å². The van der Waals surface area contributed by atoms with Crippen LogP contribution in [0.4, 0.5) is 11.6 Å². The number of nitrogens with two attached hydrogens (primary N) is 1. The number of aryl methyl sites for hydroxylation is 1. The van der Waals surface area contributed by atoms with Gasteiger partial charge in [0.1, 0.15) is 17.5 Å². The Labute approximate surface area is 179 Å². The minimum Gasteiger partial charge on any atom is -0.381 e. The Morgan fingerprint density at radius 2 is 1.97 bits per heavy atom. The van der Waals surface area contributed by atoms with Gasteiger partial charge in [-0.1, -0.05) is 38.1 Å². The quantitative estimate of drug-likeness (QED) is 0.616. The average molecular weight is 405 g/mol. The Kier molecular flexibility index (Phi) is 6.33. The van der Waals surface area contributed by atoms with Crippen molar-refractivity contribution in [2.24, 2.45) is 5.73 Å². The summed E-state index contributed by atoms with van der Waals surface area (Å²) < 4.78 is 0. The van der Waals surface area contributed by atoms with E-state index in [-0.39, 0.29) is 6.04 Å². The Morgan fingerprint density at radius 3 is 2.70 bits per heavy atom. The highest BCUT2D eigenvalue weighted by Crippen LogP contribution is 2.34. The number of rotatable bonds is 8. The summed E-state index contributed by atoms with van der Waals surface area (Å²) in [5.41, 5.74) is 8.95. The largest absolute Gasteiger partial charge is 0.381 e. The first kappa shape index (κ1) is 20.4. The van der Waals surface area contributed by atoms with Crippen LogP contribution in [0.2, 0.25) is 0 Å². The SMILES string of the molecule is C=C(NC1CCCC1)c1ccc2c(n1)N(C(=C)Nc1ccccn1)[C@@H](CCN)CC2. The standard InChI is InChI=1S/C24H32N6/c1-17(27-20-7-3-4-8-20)22-13-11-19-10-12-21(14-15-25)30(24(19)29-22)18(2)28-23-9-5-6-16-26-23/h5-6,9,11,13,16,20-21,27H,1-4,7-8,10,12,14-15,25H2,(H,26,28)/t21-/m1/s1. The van der Waals surface area contributed by atoms with Gasteiger partial charge >= 0.3 is 0 Å². The highest BCUT2D eigenvalue weighted by molar-refractivity contribution is 5.65. The number of hydrogen-bond acceptors (Lipinski definition) is 6. The number of hydrogen-bond donors (Lipinski definition) is 3. The maximum atomic E-state index is 5.93. The van der Waals surface area contributed by atoms with E-state index in [1.54, 1.807) is 6.20 Å². The van der Waals surface area contributed by atoms with E-state index in [4.69, 9.17) is 10.7 Å². The van der Waals surface area contributed by atoms with Gasteiger partial charge in [0.25, 0.3) is 0 Å². The fourth-order valence-electron chi connectivity index (χ4n) is 4.52. The summed E-state index contributed by atoms with van der Waals surface area (Å²) in [6.07, 6.45) is 9.66. The minimum atomic E-state index is 0.255. The number of anilines is 2. The van der Waals surface area contributed by atoms with Gasteiger partial charge in [0.15, 0.2) is 0 Å². The predicted molar refractivity (Wildman–Crippen MR) is 124 cm³/mol. The zero-order valence-corrected chi connectivity index (χ0v) is 17.6. The Hall–Kier alpha value is -2.86. The van der Waals surface area contributed by atoms with E-state index in [0.717, 1.165) is 48.1 Å². The molecular formula is C24H32N6. The molecule has 4 N–H and O–H groups in total. The van der Waals surface area contributed by atoms with Gasteiger partial charge in [0.05, 0.1) is 11.4 Å². The van der Waals surface area contributed by atoms with Crippen molar-refractivity contribution in [2.45, 2.75) is 57.0 Å². The predicted octanol–water partition coefficient (Wildman–Crippen LogP) is 4.03. The first-order valence-corrected chi connectivity index (χ1v) is 11.0. The van der Waals surface area contributed by atoms with Gasteiger partial charge in [-0.15, -0.1) is 0 Å². The normalized spacial score (nSPS) is 18.7. The third-order valence-electron chi connectivity index (χ3n) is 6.07. The molecule has 2 aromatic heterocycles. The lowest BCUT2D eigenvalue weighted by molar-refractivity contribution is 0.524. The molecule has 1 atom stereocenters. The molecule has 0 amide bonds. The van der Waals surface area contributed by atoms with Crippen LogP contribution < -0.4 is 21.3 Å². The van der Waals surface area contributed by atoms with Crippen molar-refractivity contribution in [2.75, 3.05) is 16.8 Å². The van der Waals surface area contributed by atoms with Crippen LogP contribution in [0.25, 0.3) is 5.70 Å². The Morgan fingerprint density at radius 1 is 1.13 bits per heavy atom. The minimum absolute atomic E-state index is 0.255. The monoisotopic (exact) mass is 404 g/mol. The van der Waals surface area contributed by atoms with Gasteiger partial charge in [-0.2, -0.15) is 0 Å². The zero-order valence-electron chi connectivity index (χ0n) is 17.6. The summed E-state index contributed by atoms with van der Waals surface area (Å²) in [6.45, 7) is 9.22. The second kappa shape index (κ2) is 9.30. The van der Waals surface area contributed by atoms with Crippen LogP contribution in [0.1, 0.15) is 49.8 Å². The van der Waals surface area contributed by atoms with Gasteiger partial charge < -0.3 is 21.3 Å². The molecule has 0 bridgehead atoms. The number of fused-ring (bicyclic) bond motifs is 1. The summed E-state index contributed by atoms with van der Waals surface area (Å²) in [4.78, 5) is 11.6. The van der Waals surface area contributed by atoms with E-state index >= 15 is 0 Å². The van der Waals surface area contributed by atoms with E-state index in [2.05, 4.69) is 45.8 Å². The van der Waals surface area contributed by atoms with Crippen LogP contribution in [-0.4, -0.2) is 28.6 Å². The van der Waals surface area contributed by atoms with Crippen LogP contribution >= 0.6 is 0 Å². The Balaban J connectivity index is 1.60. The second-order valence-electron chi connectivity index (χ2n) is 8.21. The second-order valence-corrected chi connectivity index (χ2v) is 8.21. The molecule has 1 fully saturated rings. The molecule has 4 rings (SSSR count). The van der Waals surface area contributed by atoms with Gasteiger partial charge in [-0.05, 0) is 62.4 Å². The van der Waals surface area contributed by atoms with Crippen molar-refractivity contribution in [3.63, 3.8) is 0 Å². The van der Waals surface area contributed by atoms with Crippen molar-refractivity contribution < 1.29 is 0 Å². The number of aromatic nitrogens is 2. The number of nitrogens with one attached hydrogen (secondary N) is 2. The van der Waals surface area contributed by atoms with Crippen molar-refractivity contribution in [1.29, 1.82) is 0 Å². The highest BCUT2D eigenvalue weighted by Gasteiger charge is 2.30. The summed E-state index contributed by atoms with van der Waals surface area (Å²) in [5, 5.41) is 6.93. The van der Waals surface area contributed by atoms with Crippen LogP contribution in [0, 0.1) is 0 Å². The van der Waals surface area contributed by atoms with Crippen LogP contribution in [0.15, 0.2) is 55.5 Å². The highest BCUT2D eigenvalue weighted by atomic mass is 15.3. The molecule has 0 radical (unpaired) electrons. The third-order valence-corrected chi connectivity index (χ3v) is 6.07. The van der Waals surface area contributed by atoms with Crippen LogP contribution in [0.5, 0.6) is 0 Å². The van der Waals surface area contributed by atoms with Crippen LogP contribution in [0.3, 0.4) is 0 Å². The van der Waals surface area contributed by atoms with E-state index in [1.807, 2.05) is 18.2 Å². The zero-order chi connectivity index (χ0) is 20.9. The smallest absolute Gasteiger partial charge is 0.138 e. The lowest BCUT2D eigenvalue weighted by Gasteiger charge is -2.39. The van der Waals surface area contributed by atoms with Gasteiger partial charge in [0.2, 0.25) is 0 Å². The third kappa shape index (κ3) is 4.49. The maximum absolute atomic E-state index is 5.93. The summed E-state index contributed by atoms with van der Waals surface area (Å²) >= 11 is 0. The molecule has 0 aromatic carbocycles. The molecule has 1 aliphatic heterocycles. The average Bonchev–Trinajstić information content (AvgIpc) is 3.27. The molecular weight excluding hydrogens is 372 g/mol. The molecule has 0 unspecified atom stereocenters. The summed E-state index contributed by atoms with van der Waals surface area (Å²) in [6, 6.07) is 10.8. The first-order valence-electron chi connectivity index (χ1n) is 11.0. The topological polar surface area (TPSA) is 79.1 Å². The fraction of sp³-hybridized carbons (Fsp3) is 0.417. The van der Waals surface area contributed by atoms with Gasteiger partial charge in [-0.25, -0.2) is 9.97 Å². The lowest BCUT2D eigenvalue weighted by atomic mass is 9.96. The molecule has 6 nitrogen and oxygen atoms in total. The molecule has 1 saturated carbocycles. The van der Waals surface area contributed by atoms with Gasteiger partial charge in [-0.3, -0.25) is 0 Å². The summed E-state index contributed by atoms with van der Waals surface area (Å²) in [7, 11) is 0. The number of nitrogens with zero attached hydrogens (tertiary/aromatic N) is 3. The van der Waals surface area contributed by atoms with Crippen molar-refractivity contribution >= 4 is 17.3 Å².